The number of likely N-dealkylation sites (N-methyl/N-ethyl adjacent to an activating group) is 2. The fourth-order valence-corrected chi connectivity index (χ4v) is 2.84. The van der Waals surface area contributed by atoms with E-state index in [0.29, 0.717) is 0 Å². The second-order valence-corrected chi connectivity index (χ2v) is 5.89. The molecule has 0 saturated carbocycles. The van der Waals surface area contributed by atoms with Gasteiger partial charge in [-0.25, -0.2) is 4.98 Å². The largest absolute Gasteiger partial charge is 0.311 e. The SMILES string of the molecule is CCNC(C)(C)CN(C)Cc1scnc1C. The summed E-state index contributed by atoms with van der Waals surface area (Å²) >= 11 is 1.74. The molecule has 1 heterocycles. The molecule has 0 aliphatic carbocycles. The van der Waals surface area contributed by atoms with Crippen LogP contribution < -0.4 is 5.32 Å². The van der Waals surface area contributed by atoms with Gasteiger partial charge in [-0.15, -0.1) is 11.3 Å². The van der Waals surface area contributed by atoms with Gasteiger partial charge in [0, 0.05) is 23.5 Å². The molecule has 1 aromatic heterocycles. The van der Waals surface area contributed by atoms with Crippen molar-refractivity contribution in [3.05, 3.63) is 16.1 Å². The fourth-order valence-electron chi connectivity index (χ4n) is 1.99. The Labute approximate surface area is 103 Å². The van der Waals surface area contributed by atoms with Crippen molar-refractivity contribution in [3.8, 4) is 0 Å². The predicted octanol–water partition coefficient (Wildman–Crippen LogP) is 2.27. The highest BCUT2D eigenvalue weighted by Crippen LogP contribution is 2.15. The van der Waals surface area contributed by atoms with Gasteiger partial charge in [0.25, 0.3) is 0 Å². The van der Waals surface area contributed by atoms with E-state index in [1.807, 2.05) is 5.51 Å². The van der Waals surface area contributed by atoms with E-state index in [0.717, 1.165) is 25.3 Å². The molecule has 1 rings (SSSR count). The zero-order valence-electron chi connectivity index (χ0n) is 11.0. The molecule has 1 aromatic rings. The lowest BCUT2D eigenvalue weighted by Crippen LogP contribution is -2.47. The van der Waals surface area contributed by atoms with Crippen LogP contribution in [0.3, 0.4) is 0 Å². The van der Waals surface area contributed by atoms with Crippen LogP contribution in [0.4, 0.5) is 0 Å². The second kappa shape index (κ2) is 5.75. The summed E-state index contributed by atoms with van der Waals surface area (Å²) in [5.41, 5.74) is 3.26. The summed E-state index contributed by atoms with van der Waals surface area (Å²) < 4.78 is 0. The topological polar surface area (TPSA) is 28.2 Å². The summed E-state index contributed by atoms with van der Waals surface area (Å²) in [6.45, 7) is 11.8. The molecule has 92 valence electrons. The minimum absolute atomic E-state index is 0.169. The van der Waals surface area contributed by atoms with Gasteiger partial charge in [0.1, 0.15) is 0 Å². The van der Waals surface area contributed by atoms with Crippen molar-refractivity contribution in [3.63, 3.8) is 0 Å². The van der Waals surface area contributed by atoms with Crippen molar-refractivity contribution in [1.29, 1.82) is 0 Å². The van der Waals surface area contributed by atoms with Crippen molar-refractivity contribution in [2.45, 2.75) is 39.8 Å². The quantitative estimate of drug-likeness (QED) is 0.828. The minimum atomic E-state index is 0.169. The summed E-state index contributed by atoms with van der Waals surface area (Å²) in [7, 11) is 2.16. The third-order valence-corrected chi connectivity index (χ3v) is 3.50. The van der Waals surface area contributed by atoms with Crippen molar-refractivity contribution in [2.75, 3.05) is 20.1 Å². The Morgan fingerprint density at radius 2 is 2.19 bits per heavy atom. The smallest absolute Gasteiger partial charge is 0.0798 e. The van der Waals surface area contributed by atoms with E-state index in [1.54, 1.807) is 11.3 Å². The van der Waals surface area contributed by atoms with Crippen molar-refractivity contribution >= 4 is 11.3 Å². The Balaban J connectivity index is 2.47. The summed E-state index contributed by atoms with van der Waals surface area (Å²) in [6.07, 6.45) is 0. The third kappa shape index (κ3) is 4.20. The molecule has 4 heteroatoms. The molecule has 16 heavy (non-hydrogen) atoms. The number of nitrogens with zero attached hydrogens (tertiary/aromatic N) is 2. The molecular weight excluding hydrogens is 218 g/mol. The highest BCUT2D eigenvalue weighted by Gasteiger charge is 2.18. The molecule has 0 spiro atoms. The van der Waals surface area contributed by atoms with Crippen LogP contribution >= 0.6 is 11.3 Å². The number of hydrogen-bond donors (Lipinski definition) is 1. The van der Waals surface area contributed by atoms with Gasteiger partial charge in [0.05, 0.1) is 11.2 Å². The van der Waals surface area contributed by atoms with Gasteiger partial charge in [-0.3, -0.25) is 4.90 Å². The van der Waals surface area contributed by atoms with Crippen LogP contribution in [0, 0.1) is 6.92 Å². The maximum Gasteiger partial charge on any atom is 0.0798 e. The minimum Gasteiger partial charge on any atom is -0.311 e. The lowest BCUT2D eigenvalue weighted by atomic mass is 10.1. The number of aryl methyl sites for hydroxylation is 1. The molecule has 0 aromatic carbocycles. The zero-order valence-corrected chi connectivity index (χ0v) is 11.8. The molecule has 1 N–H and O–H groups in total. The Hall–Kier alpha value is -0.450. The van der Waals surface area contributed by atoms with Crippen LogP contribution in [0.25, 0.3) is 0 Å². The van der Waals surface area contributed by atoms with Crippen LogP contribution in [0.5, 0.6) is 0 Å². The summed E-state index contributed by atoms with van der Waals surface area (Å²) in [5, 5.41) is 3.49. The lowest BCUT2D eigenvalue weighted by Gasteiger charge is -2.31. The first-order valence-electron chi connectivity index (χ1n) is 5.77. The van der Waals surface area contributed by atoms with Gasteiger partial charge in [-0.1, -0.05) is 6.92 Å². The van der Waals surface area contributed by atoms with Gasteiger partial charge in [-0.2, -0.15) is 0 Å². The van der Waals surface area contributed by atoms with Gasteiger partial charge in [0.2, 0.25) is 0 Å². The van der Waals surface area contributed by atoms with Gasteiger partial charge in [-0.05, 0) is 34.4 Å². The molecular formula is C12H23N3S. The van der Waals surface area contributed by atoms with Crippen molar-refractivity contribution in [1.82, 2.24) is 15.2 Å². The zero-order chi connectivity index (χ0) is 12.2. The number of hydrogen-bond acceptors (Lipinski definition) is 4. The predicted molar refractivity (Wildman–Crippen MR) is 70.9 cm³/mol. The van der Waals surface area contributed by atoms with Crippen LogP contribution in [0.15, 0.2) is 5.51 Å². The lowest BCUT2D eigenvalue weighted by molar-refractivity contribution is 0.233. The van der Waals surface area contributed by atoms with Crippen LogP contribution in [0.1, 0.15) is 31.3 Å². The highest BCUT2D eigenvalue weighted by atomic mass is 32.1. The third-order valence-electron chi connectivity index (χ3n) is 2.58. The molecule has 0 unspecified atom stereocenters. The molecule has 0 atom stereocenters. The highest BCUT2D eigenvalue weighted by molar-refractivity contribution is 7.09. The van der Waals surface area contributed by atoms with E-state index in [-0.39, 0.29) is 5.54 Å². The first-order valence-corrected chi connectivity index (χ1v) is 6.65. The summed E-state index contributed by atoms with van der Waals surface area (Å²) in [4.78, 5) is 8.00. The van der Waals surface area contributed by atoms with Crippen molar-refractivity contribution < 1.29 is 0 Å². The number of nitrogens with one attached hydrogen (secondary N) is 1. The Bertz CT molecular complexity index is 320. The Morgan fingerprint density at radius 1 is 1.50 bits per heavy atom. The first-order chi connectivity index (χ1) is 7.44. The Kier molecular flexibility index (Phi) is 4.89. The second-order valence-electron chi connectivity index (χ2n) is 4.95. The normalized spacial score (nSPS) is 12.4. The van der Waals surface area contributed by atoms with E-state index < -0.39 is 0 Å². The van der Waals surface area contributed by atoms with Crippen LogP contribution in [0.2, 0.25) is 0 Å². The van der Waals surface area contributed by atoms with E-state index in [1.165, 1.54) is 4.88 Å². The summed E-state index contributed by atoms with van der Waals surface area (Å²) in [6, 6.07) is 0. The maximum atomic E-state index is 4.28. The van der Waals surface area contributed by atoms with E-state index in [4.69, 9.17) is 0 Å². The van der Waals surface area contributed by atoms with Crippen LogP contribution in [-0.2, 0) is 6.54 Å². The van der Waals surface area contributed by atoms with Gasteiger partial charge >= 0.3 is 0 Å². The molecule has 0 amide bonds. The molecule has 0 radical (unpaired) electrons. The molecule has 0 aliphatic heterocycles. The van der Waals surface area contributed by atoms with E-state index in [9.17, 15) is 0 Å². The number of rotatable bonds is 6. The van der Waals surface area contributed by atoms with Crippen LogP contribution in [-0.4, -0.2) is 35.6 Å². The average Bonchev–Trinajstić information content (AvgIpc) is 2.50. The standard InChI is InChI=1S/C12H23N3S/c1-6-14-12(3,4)8-15(5)7-11-10(2)13-9-16-11/h9,14H,6-8H2,1-5H3. The number of aromatic nitrogens is 1. The van der Waals surface area contributed by atoms with E-state index in [2.05, 4.69) is 49.9 Å². The van der Waals surface area contributed by atoms with Crippen molar-refractivity contribution in [2.24, 2.45) is 0 Å². The average molecular weight is 241 g/mol. The maximum absolute atomic E-state index is 4.28. The molecule has 3 nitrogen and oxygen atoms in total. The molecule has 0 bridgehead atoms. The molecule has 0 aliphatic rings. The first kappa shape index (κ1) is 13.6. The molecule has 0 saturated heterocycles. The fraction of sp³-hybridized carbons (Fsp3) is 0.750. The monoisotopic (exact) mass is 241 g/mol. The molecule has 0 fully saturated rings. The number of thiazole rings is 1. The Morgan fingerprint density at radius 3 is 2.69 bits per heavy atom. The summed E-state index contributed by atoms with van der Waals surface area (Å²) in [5.74, 6) is 0. The van der Waals surface area contributed by atoms with E-state index >= 15 is 0 Å². The van der Waals surface area contributed by atoms with Gasteiger partial charge < -0.3 is 5.32 Å². The van der Waals surface area contributed by atoms with Gasteiger partial charge in [0.15, 0.2) is 0 Å².